The zero-order valence-electron chi connectivity index (χ0n) is 30.6. The molecule has 272 valence electrons. The summed E-state index contributed by atoms with van der Waals surface area (Å²) in [7, 11) is 0. The molecule has 4 nitrogen and oxygen atoms in total. The third-order valence-electron chi connectivity index (χ3n) is 10.8. The first-order valence-electron chi connectivity index (χ1n) is 18.6. The Hall–Kier alpha value is -7.43. The van der Waals surface area contributed by atoms with Gasteiger partial charge in [0.15, 0.2) is 0 Å². The molecular weight excluding hydrogens is 714 g/mol. The molecule has 7 aromatic carbocycles. The molecule has 0 fully saturated rings. The van der Waals surface area contributed by atoms with Crippen LogP contribution in [0.3, 0.4) is 0 Å². The van der Waals surface area contributed by atoms with E-state index in [0.29, 0.717) is 33.1 Å². The number of nitriles is 1. The lowest BCUT2D eigenvalue weighted by Crippen LogP contribution is -2.05. The maximum Gasteiger partial charge on any atom is 0.416 e. The van der Waals surface area contributed by atoms with E-state index in [4.69, 9.17) is 4.98 Å². The van der Waals surface area contributed by atoms with E-state index in [-0.39, 0.29) is 0 Å². The summed E-state index contributed by atoms with van der Waals surface area (Å²) in [6.45, 7) is 2.08. The van der Waals surface area contributed by atoms with Crippen molar-refractivity contribution in [3.8, 4) is 51.1 Å². The van der Waals surface area contributed by atoms with E-state index in [1.54, 1.807) is 0 Å². The Morgan fingerprint density at radius 1 is 0.491 bits per heavy atom. The fraction of sp³-hybridized carbons (Fsp3) is 0.0400. The summed E-state index contributed by atoms with van der Waals surface area (Å²) in [5.74, 6) is 0. The van der Waals surface area contributed by atoms with Crippen molar-refractivity contribution in [3.05, 3.63) is 187 Å². The minimum absolute atomic E-state index is 0.370. The van der Waals surface area contributed by atoms with Gasteiger partial charge in [0.1, 0.15) is 6.07 Å². The first kappa shape index (κ1) is 34.1. The van der Waals surface area contributed by atoms with Crippen LogP contribution in [0.2, 0.25) is 0 Å². The van der Waals surface area contributed by atoms with E-state index in [1.165, 1.54) is 12.1 Å². The number of fused-ring (bicyclic) bond motifs is 6. The second-order valence-electron chi connectivity index (χ2n) is 14.3. The van der Waals surface area contributed by atoms with Crippen LogP contribution in [0.4, 0.5) is 13.2 Å². The van der Waals surface area contributed by atoms with E-state index in [1.807, 2.05) is 114 Å². The Labute approximate surface area is 325 Å². The number of rotatable bonds is 5. The molecule has 0 aliphatic carbocycles. The molecule has 7 heteroatoms. The van der Waals surface area contributed by atoms with E-state index >= 15 is 0 Å². The van der Waals surface area contributed by atoms with Crippen LogP contribution < -0.4 is 0 Å². The molecule has 0 N–H and O–H groups in total. The fourth-order valence-electron chi connectivity index (χ4n) is 8.22. The van der Waals surface area contributed by atoms with Gasteiger partial charge in [0, 0.05) is 38.2 Å². The predicted molar refractivity (Wildman–Crippen MR) is 224 cm³/mol. The second kappa shape index (κ2) is 13.1. The van der Waals surface area contributed by atoms with Crippen LogP contribution in [0, 0.1) is 18.3 Å². The largest absolute Gasteiger partial charge is 0.416 e. The summed E-state index contributed by atoms with van der Waals surface area (Å²) in [6, 6.07) is 56.5. The summed E-state index contributed by atoms with van der Waals surface area (Å²) >= 11 is 0. The maximum atomic E-state index is 14.1. The third kappa shape index (κ3) is 5.65. The lowest BCUT2D eigenvalue weighted by atomic mass is 9.96. The molecule has 0 amide bonds. The highest BCUT2D eigenvalue weighted by Gasteiger charge is 2.31. The van der Waals surface area contributed by atoms with E-state index in [2.05, 4.69) is 60.0 Å². The van der Waals surface area contributed by atoms with Crippen molar-refractivity contribution in [2.24, 2.45) is 0 Å². The fourth-order valence-corrected chi connectivity index (χ4v) is 8.22. The van der Waals surface area contributed by atoms with Crippen molar-refractivity contribution in [2.45, 2.75) is 13.1 Å². The molecule has 0 aliphatic rings. The first-order chi connectivity index (χ1) is 27.8. The summed E-state index contributed by atoms with van der Waals surface area (Å²) in [5.41, 5.74) is 10.5. The van der Waals surface area contributed by atoms with Gasteiger partial charge in [-0.05, 0) is 79.2 Å². The minimum atomic E-state index is -4.51. The van der Waals surface area contributed by atoms with Crippen LogP contribution in [0.5, 0.6) is 0 Å². The van der Waals surface area contributed by atoms with Crippen LogP contribution in [0.1, 0.15) is 16.7 Å². The van der Waals surface area contributed by atoms with Crippen molar-refractivity contribution in [1.82, 2.24) is 14.1 Å². The molecule has 0 aliphatic heterocycles. The summed E-state index contributed by atoms with van der Waals surface area (Å²) in [6.07, 6.45) is -4.51. The molecule has 3 heterocycles. The number of halogens is 3. The Morgan fingerprint density at radius 3 is 1.58 bits per heavy atom. The van der Waals surface area contributed by atoms with Crippen molar-refractivity contribution in [1.29, 1.82) is 5.26 Å². The predicted octanol–water partition coefficient (Wildman–Crippen LogP) is 13.5. The number of hydrogen-bond acceptors (Lipinski definition) is 2. The van der Waals surface area contributed by atoms with Gasteiger partial charge in [-0.3, -0.25) is 0 Å². The molecule has 10 aromatic rings. The highest BCUT2D eigenvalue weighted by atomic mass is 19.4. The molecule has 3 aromatic heterocycles. The first-order valence-corrected chi connectivity index (χ1v) is 18.6. The summed E-state index contributed by atoms with van der Waals surface area (Å²) < 4.78 is 46.4. The molecule has 0 saturated carbocycles. The number of alkyl halides is 3. The van der Waals surface area contributed by atoms with Gasteiger partial charge in [-0.25, -0.2) is 4.98 Å². The van der Waals surface area contributed by atoms with Gasteiger partial charge in [-0.1, -0.05) is 109 Å². The molecule has 10 rings (SSSR count). The number of hydrogen-bond donors (Lipinski definition) is 0. The number of pyridine rings is 1. The Morgan fingerprint density at radius 2 is 1.00 bits per heavy atom. The highest BCUT2D eigenvalue weighted by molar-refractivity contribution is 6.11. The number of nitrogens with zero attached hydrogens (tertiary/aromatic N) is 4. The SMILES string of the molecule is Cc1ccc2c(c1)c1ccccc1n2-c1cc(C#N)c(-n2c3ccccc3c3cc(C(F)(F)F)ccc32)cc1-c1cc(-c2ccccc2)nc(-c2ccccc2)c1. The second-order valence-corrected chi connectivity index (χ2v) is 14.3. The van der Waals surface area contributed by atoms with Crippen LogP contribution in [-0.2, 0) is 6.18 Å². The van der Waals surface area contributed by atoms with Gasteiger partial charge in [-0.15, -0.1) is 0 Å². The topological polar surface area (TPSA) is 46.5 Å². The number of para-hydroxylation sites is 2. The molecule has 57 heavy (non-hydrogen) atoms. The van der Waals surface area contributed by atoms with Gasteiger partial charge in [-0.2, -0.15) is 18.4 Å². The minimum Gasteiger partial charge on any atom is -0.309 e. The van der Waals surface area contributed by atoms with Crippen molar-refractivity contribution in [2.75, 3.05) is 0 Å². The van der Waals surface area contributed by atoms with Gasteiger partial charge >= 0.3 is 6.18 Å². The molecular formula is C50H31F3N4. The number of aryl methyl sites for hydroxylation is 1. The van der Waals surface area contributed by atoms with Gasteiger partial charge < -0.3 is 9.13 Å². The summed E-state index contributed by atoms with van der Waals surface area (Å²) in [5, 5.41) is 14.3. The number of aromatic nitrogens is 3. The lowest BCUT2D eigenvalue weighted by molar-refractivity contribution is -0.137. The average molecular weight is 745 g/mol. The van der Waals surface area contributed by atoms with Crippen molar-refractivity contribution >= 4 is 43.6 Å². The van der Waals surface area contributed by atoms with E-state index in [0.717, 1.165) is 72.8 Å². The van der Waals surface area contributed by atoms with Crippen molar-refractivity contribution < 1.29 is 13.2 Å². The monoisotopic (exact) mass is 744 g/mol. The zero-order chi connectivity index (χ0) is 38.8. The normalized spacial score (nSPS) is 11.8. The Balaban J connectivity index is 1.35. The lowest BCUT2D eigenvalue weighted by Gasteiger charge is -2.20. The van der Waals surface area contributed by atoms with E-state index < -0.39 is 11.7 Å². The third-order valence-corrected chi connectivity index (χ3v) is 10.8. The molecule has 0 radical (unpaired) electrons. The molecule has 0 atom stereocenters. The Kier molecular flexibility index (Phi) is 7.84. The molecule has 0 unspecified atom stereocenters. The standard InChI is InChI=1S/C50H31F3N4/c1-31-20-22-46-40(24-31)37-16-8-11-19-45(37)57(46)49-27-35(30-54)48(56-44-18-10-9-17-38(44)41-28-36(50(51,52)53)21-23-47(41)56)29-39(49)34-25-42(32-12-4-2-5-13-32)55-43(26-34)33-14-6-3-7-15-33/h2-29H,1H3. The average Bonchev–Trinajstić information content (AvgIpc) is 3.75. The maximum absolute atomic E-state index is 14.1. The zero-order valence-corrected chi connectivity index (χ0v) is 30.6. The van der Waals surface area contributed by atoms with Gasteiger partial charge in [0.05, 0.1) is 56.0 Å². The van der Waals surface area contributed by atoms with Crippen LogP contribution in [0.15, 0.2) is 170 Å². The quantitative estimate of drug-likeness (QED) is 0.176. The number of benzene rings is 7. The highest BCUT2D eigenvalue weighted by Crippen LogP contribution is 2.43. The molecule has 0 saturated heterocycles. The van der Waals surface area contributed by atoms with Gasteiger partial charge in [0.2, 0.25) is 0 Å². The molecule has 0 bridgehead atoms. The van der Waals surface area contributed by atoms with Crippen LogP contribution >= 0.6 is 0 Å². The van der Waals surface area contributed by atoms with Crippen molar-refractivity contribution in [3.63, 3.8) is 0 Å². The Bertz CT molecular complexity index is 3180. The smallest absolute Gasteiger partial charge is 0.309 e. The molecule has 0 spiro atoms. The van der Waals surface area contributed by atoms with Gasteiger partial charge in [0.25, 0.3) is 0 Å². The van der Waals surface area contributed by atoms with Crippen LogP contribution in [-0.4, -0.2) is 14.1 Å². The summed E-state index contributed by atoms with van der Waals surface area (Å²) in [4.78, 5) is 5.16. The van der Waals surface area contributed by atoms with E-state index in [9.17, 15) is 18.4 Å². The van der Waals surface area contributed by atoms with Crippen LogP contribution in [0.25, 0.3) is 88.6 Å².